The quantitative estimate of drug-likeness (QED) is 0.0578. The molecule has 0 N–H and O–H groups in total. The molecule has 0 radical (unpaired) electrons. The summed E-state index contributed by atoms with van der Waals surface area (Å²) in [5.74, 6) is 23.2. The van der Waals surface area contributed by atoms with Crippen LogP contribution in [0.2, 0.25) is 0 Å². The largest absolute Gasteiger partial charge is 0.466 e. The molecule has 18 heteroatoms. The molecule has 0 amide bonds. The van der Waals surface area contributed by atoms with E-state index in [1.54, 1.807) is 0 Å². The molecular formula is C85H122O18. The average molecular weight is 1430 g/mol. The Labute approximate surface area is 613 Å². The molecule has 0 aliphatic heterocycles. The molecule has 18 fully saturated rings. The molecule has 18 saturated carbocycles. The zero-order chi connectivity index (χ0) is 75.2. The van der Waals surface area contributed by atoms with E-state index in [9.17, 15) is 47.9 Å². The number of Topliss-reactive ketones (excluding diaryl/α,β-unsaturated/α-hetero) is 2. The van der Waals surface area contributed by atoms with Gasteiger partial charge in [-0.15, -0.1) is 0 Å². The number of carbonyl (C=O) groups is 12. The lowest BCUT2D eigenvalue weighted by molar-refractivity contribution is -0.140. The summed E-state index contributed by atoms with van der Waals surface area (Å²) in [5, 5.41) is 0. The van der Waals surface area contributed by atoms with E-state index in [1.165, 1.54) is 214 Å². The van der Waals surface area contributed by atoms with Crippen LogP contribution in [0.1, 0.15) is 173 Å². The van der Waals surface area contributed by atoms with Crippen LogP contribution in [0.15, 0.2) is 75.9 Å². The Morgan fingerprint density at radius 2 is 0.728 bits per heavy atom. The minimum Gasteiger partial charge on any atom is -0.466 e. The minimum atomic E-state index is -0.394. The van der Waals surface area contributed by atoms with Crippen LogP contribution < -0.4 is 0 Å². The topological polar surface area (TPSA) is 260 Å². The van der Waals surface area contributed by atoms with Gasteiger partial charge in [0.2, 0.25) is 0 Å². The summed E-state index contributed by atoms with van der Waals surface area (Å²) in [6.07, 6.45) is 45.8. The third-order valence-electron chi connectivity index (χ3n) is 28.3. The number of hydrogen-bond acceptors (Lipinski definition) is 18. The number of carbonyl (C=O) groups excluding carboxylic acids is 12. The van der Waals surface area contributed by atoms with Gasteiger partial charge in [0.15, 0.2) is 0 Å². The maximum absolute atomic E-state index is 11.7. The molecule has 0 saturated heterocycles. The first-order valence-corrected chi connectivity index (χ1v) is 38.7. The van der Waals surface area contributed by atoms with Gasteiger partial charge in [0, 0.05) is 73.0 Å². The lowest BCUT2D eigenvalue weighted by atomic mass is 9.68. The van der Waals surface area contributed by atoms with Crippen LogP contribution in [0.25, 0.3) is 0 Å². The van der Waals surface area contributed by atoms with Crippen molar-refractivity contribution in [2.45, 2.75) is 173 Å². The summed E-state index contributed by atoms with van der Waals surface area (Å²) in [6.45, 7) is 24.7. The van der Waals surface area contributed by atoms with Crippen molar-refractivity contribution in [2.75, 3.05) is 41.7 Å². The van der Waals surface area contributed by atoms with E-state index in [1.807, 2.05) is 13.6 Å². The smallest absolute Gasteiger partial charge is 0.330 e. The predicted molar refractivity (Wildman–Crippen MR) is 390 cm³/mol. The van der Waals surface area contributed by atoms with Gasteiger partial charge >= 0.3 is 35.8 Å². The van der Waals surface area contributed by atoms with E-state index in [2.05, 4.69) is 58.4 Å². The Bertz CT molecular complexity index is 2870. The lowest BCUT2D eigenvalue weighted by Gasteiger charge is -2.38. The summed E-state index contributed by atoms with van der Waals surface area (Å²) in [6, 6.07) is 0. The molecule has 103 heavy (non-hydrogen) atoms. The zero-order valence-corrected chi connectivity index (χ0v) is 62.3. The van der Waals surface area contributed by atoms with Gasteiger partial charge in [-0.1, -0.05) is 52.3 Å². The number of fused-ring (bicyclic) bond motifs is 33. The molecule has 0 aromatic heterocycles. The summed E-state index contributed by atoms with van der Waals surface area (Å²) in [4.78, 5) is 121. The summed E-state index contributed by atoms with van der Waals surface area (Å²) in [7, 11) is 5.24. The predicted octanol–water partition coefficient (Wildman–Crippen LogP) is 14.0. The first-order chi connectivity index (χ1) is 49.8. The van der Waals surface area contributed by atoms with Gasteiger partial charge in [0.25, 0.3) is 0 Å². The molecule has 18 nitrogen and oxygen atoms in total. The highest BCUT2D eigenvalue weighted by molar-refractivity contribution is 5.86. The lowest BCUT2D eigenvalue weighted by Crippen LogP contribution is -2.34. The van der Waals surface area contributed by atoms with Crippen LogP contribution in [0.4, 0.5) is 0 Å². The van der Waals surface area contributed by atoms with Crippen molar-refractivity contribution in [1.82, 2.24) is 0 Å². The van der Waals surface area contributed by atoms with Gasteiger partial charge in [-0.2, -0.15) is 0 Å². The molecule has 0 aromatic rings. The van der Waals surface area contributed by atoms with Gasteiger partial charge in [-0.3, -0.25) is 9.59 Å². The third-order valence-corrected chi connectivity index (χ3v) is 28.3. The fraction of sp³-hybridized carbons (Fsp3) is 0.718. The molecule has 0 aromatic carbocycles. The highest BCUT2D eigenvalue weighted by Crippen LogP contribution is 2.70. The van der Waals surface area contributed by atoms with Crippen LogP contribution in [-0.2, 0) is 86.0 Å². The van der Waals surface area contributed by atoms with Crippen molar-refractivity contribution in [3.05, 3.63) is 75.9 Å². The second-order valence-corrected chi connectivity index (χ2v) is 32.6. The van der Waals surface area contributed by atoms with Crippen LogP contribution in [0.3, 0.4) is 0 Å². The zero-order valence-electron chi connectivity index (χ0n) is 62.3. The fourth-order valence-electron chi connectivity index (χ4n) is 24.8. The SMILES string of the molecule is C=CC(=O)OC.C=CC(=O)OC.C=CC(=O)OC.C=CC(=O)OC.C=CC(=O)OCC1CC2CC1C1C3CCC(C3)C21.C=CC(=O)OCC1CC2CCC1C2.C=O.C=O.O=C1CC2CC1C1C3CCC(C3)C21.O=C1CC2CCC1C2.O=CC1CC2CC1C1C3CCC(C3)C21.O=CC1CC2CCC1C2. The first-order valence-electron chi connectivity index (χ1n) is 38.7. The number of methoxy groups -OCH3 is 4. The van der Waals surface area contributed by atoms with Crippen LogP contribution in [0.5, 0.6) is 0 Å². The molecule has 18 bridgehead atoms. The van der Waals surface area contributed by atoms with Gasteiger partial charge in [-0.05, 0) is 290 Å². The molecule has 0 spiro atoms. The molecule has 0 heterocycles. The van der Waals surface area contributed by atoms with Crippen molar-refractivity contribution in [2.24, 2.45) is 166 Å². The summed E-state index contributed by atoms with van der Waals surface area (Å²) >= 11 is 0. The molecule has 570 valence electrons. The van der Waals surface area contributed by atoms with E-state index in [4.69, 9.17) is 19.1 Å². The van der Waals surface area contributed by atoms with Crippen molar-refractivity contribution >= 4 is 73.5 Å². The average Bonchev–Trinajstić information content (AvgIpc) is 1.57. The molecular weight excluding hydrogens is 1310 g/mol. The Kier molecular flexibility index (Phi) is 33.0. The highest BCUT2D eigenvalue weighted by Gasteiger charge is 2.65. The molecule has 18 rings (SSSR count). The van der Waals surface area contributed by atoms with Gasteiger partial charge in [0.1, 0.15) is 37.7 Å². The number of ketones is 2. The van der Waals surface area contributed by atoms with E-state index in [0.717, 1.165) is 167 Å². The first kappa shape index (κ1) is 83.6. The van der Waals surface area contributed by atoms with Crippen molar-refractivity contribution in [1.29, 1.82) is 0 Å². The molecule has 18 aliphatic carbocycles. The van der Waals surface area contributed by atoms with Crippen LogP contribution in [0, 0.1) is 166 Å². The van der Waals surface area contributed by atoms with Crippen molar-refractivity contribution in [3.8, 4) is 0 Å². The van der Waals surface area contributed by atoms with Crippen molar-refractivity contribution < 1.29 is 86.0 Å². The Morgan fingerprint density at radius 3 is 1.09 bits per heavy atom. The number of esters is 6. The van der Waals surface area contributed by atoms with Crippen LogP contribution >= 0.6 is 0 Å². The highest BCUT2D eigenvalue weighted by atomic mass is 16.5. The molecule has 18 aliphatic rings. The van der Waals surface area contributed by atoms with E-state index < -0.39 is 23.9 Å². The summed E-state index contributed by atoms with van der Waals surface area (Å²) in [5.41, 5.74) is 0. The minimum absolute atomic E-state index is 0.248. The third kappa shape index (κ3) is 20.5. The second-order valence-electron chi connectivity index (χ2n) is 32.6. The normalized spacial score (nSPS) is 39.2. The number of rotatable bonds is 12. The maximum atomic E-state index is 11.7. The van der Waals surface area contributed by atoms with Gasteiger partial charge < -0.3 is 47.6 Å². The monoisotopic (exact) mass is 1430 g/mol. The van der Waals surface area contributed by atoms with Gasteiger partial charge in [-0.25, -0.2) is 28.8 Å². The number of aldehydes is 2. The Morgan fingerprint density at radius 1 is 0.330 bits per heavy atom. The number of hydrogen-bond donors (Lipinski definition) is 0. The Hall–Kier alpha value is -6.72. The van der Waals surface area contributed by atoms with Gasteiger partial charge in [0.05, 0.1) is 41.7 Å². The van der Waals surface area contributed by atoms with E-state index >= 15 is 0 Å². The molecule has 28 unspecified atom stereocenters. The maximum Gasteiger partial charge on any atom is 0.330 e. The molecule has 28 atom stereocenters. The Balaban J connectivity index is 0.000000163. The fourth-order valence-corrected chi connectivity index (χ4v) is 24.8. The number of ether oxygens (including phenoxy) is 6. The van der Waals surface area contributed by atoms with Crippen LogP contribution in [-0.4, -0.2) is 115 Å². The second kappa shape index (κ2) is 40.7. The van der Waals surface area contributed by atoms with E-state index in [-0.39, 0.29) is 11.9 Å². The van der Waals surface area contributed by atoms with E-state index in [0.29, 0.717) is 60.3 Å². The standard InChI is InChI=1S/C16H22O2.C13H18O.C12H16O.C11H16O2.C8H12O.C7H10O.4C4H6O2.2CH2O/c1-2-14(17)18-8-12-6-11-7-13(12)16-10-4-3-9(5-10)15(11)16;14-6-10-4-9-5-11(10)13-8-2-1-7(3-8)12(9)13;13-10-5-8-4-9(10)12-7-2-1-6(3-7)11(8)12;1-2-11(12)13-7-10-6-8-3-4-9(10)5-8;9-5-8-4-6-1-2-7(8)3-6;8-7-4-5-1-2-6(7)3-5;4*1-3-4(5)6-2;2*1-2/h2,9-13,15-16H,1,3-8H2;6-13H,1-5H2;6-9,11-12H,1-5H2;2,8-10H,1,3-7H2;5-8H,1-4H2;5-6H,1-4H2;4*3H,1H2,2H3;2*1H2. The summed E-state index contributed by atoms with van der Waals surface area (Å²) < 4.78 is 26.9. The van der Waals surface area contributed by atoms with Crippen molar-refractivity contribution in [3.63, 3.8) is 0 Å².